The van der Waals surface area contributed by atoms with E-state index in [-0.39, 0.29) is 0 Å². The van der Waals surface area contributed by atoms with Crippen LogP contribution in [0, 0.1) is 0 Å². The summed E-state index contributed by atoms with van der Waals surface area (Å²) in [4.78, 5) is 14.1. The van der Waals surface area contributed by atoms with Crippen molar-refractivity contribution in [3.05, 3.63) is 18.0 Å². The highest BCUT2D eigenvalue weighted by Gasteiger charge is 2.29. The lowest BCUT2D eigenvalue weighted by atomic mass is 10.00. The van der Waals surface area contributed by atoms with Crippen LogP contribution < -0.4 is 10.2 Å². The Balaban J connectivity index is 1.59. The van der Waals surface area contributed by atoms with Gasteiger partial charge in [0.1, 0.15) is 0 Å². The van der Waals surface area contributed by atoms with Gasteiger partial charge in [0, 0.05) is 56.2 Å². The summed E-state index contributed by atoms with van der Waals surface area (Å²) >= 11 is 0. The van der Waals surface area contributed by atoms with Gasteiger partial charge in [0.2, 0.25) is 5.95 Å². The lowest BCUT2D eigenvalue weighted by molar-refractivity contribution is 0.133. The number of piperidine rings is 1. The molecule has 2 fully saturated rings. The van der Waals surface area contributed by atoms with Crippen LogP contribution in [0.2, 0.25) is 0 Å². The maximum Gasteiger partial charge on any atom is 0.225 e. The van der Waals surface area contributed by atoms with Crippen molar-refractivity contribution in [2.45, 2.75) is 51.7 Å². The van der Waals surface area contributed by atoms with E-state index in [1.807, 2.05) is 12.4 Å². The van der Waals surface area contributed by atoms with Crippen LogP contribution in [-0.4, -0.2) is 53.1 Å². The molecule has 0 bridgehead atoms. The Hall–Kier alpha value is -1.20. The SMILES string of the molecule is CC(C)NCc1cnc(N2CCN3CCCCC3C2)nc1. The van der Waals surface area contributed by atoms with E-state index < -0.39 is 0 Å². The van der Waals surface area contributed by atoms with E-state index in [9.17, 15) is 0 Å². The van der Waals surface area contributed by atoms with Crippen molar-refractivity contribution in [2.24, 2.45) is 0 Å². The normalized spacial score (nSPS) is 23.4. The Morgan fingerprint density at radius 3 is 2.76 bits per heavy atom. The van der Waals surface area contributed by atoms with Gasteiger partial charge in [-0.3, -0.25) is 4.90 Å². The Kier molecular flexibility index (Phi) is 4.70. The Morgan fingerprint density at radius 2 is 2.00 bits per heavy atom. The van der Waals surface area contributed by atoms with Crippen LogP contribution in [0.5, 0.6) is 0 Å². The van der Waals surface area contributed by atoms with Gasteiger partial charge >= 0.3 is 0 Å². The molecule has 3 rings (SSSR count). The van der Waals surface area contributed by atoms with Gasteiger partial charge in [0.25, 0.3) is 0 Å². The van der Waals surface area contributed by atoms with E-state index in [1.165, 1.54) is 25.8 Å². The van der Waals surface area contributed by atoms with Crippen molar-refractivity contribution >= 4 is 5.95 Å². The number of nitrogens with zero attached hydrogens (tertiary/aromatic N) is 4. The zero-order chi connectivity index (χ0) is 14.7. The van der Waals surface area contributed by atoms with Crippen LogP contribution in [0.15, 0.2) is 12.4 Å². The maximum absolute atomic E-state index is 4.57. The van der Waals surface area contributed by atoms with Gasteiger partial charge < -0.3 is 10.2 Å². The first kappa shape index (κ1) is 14.7. The average molecular weight is 289 g/mol. The molecule has 2 aliphatic rings. The summed E-state index contributed by atoms with van der Waals surface area (Å²) in [6, 6.07) is 1.20. The first-order valence-electron chi connectivity index (χ1n) is 8.25. The fourth-order valence-electron chi connectivity index (χ4n) is 3.26. The van der Waals surface area contributed by atoms with Crippen LogP contribution in [0.1, 0.15) is 38.7 Å². The maximum atomic E-state index is 4.57. The van der Waals surface area contributed by atoms with Gasteiger partial charge in [-0.05, 0) is 19.4 Å². The average Bonchev–Trinajstić information content (AvgIpc) is 2.53. The fourth-order valence-corrected chi connectivity index (χ4v) is 3.26. The summed E-state index contributed by atoms with van der Waals surface area (Å²) in [7, 11) is 0. The minimum Gasteiger partial charge on any atom is -0.338 e. The second kappa shape index (κ2) is 6.71. The predicted octanol–water partition coefficient (Wildman–Crippen LogP) is 1.65. The van der Waals surface area contributed by atoms with E-state index in [2.05, 4.69) is 38.9 Å². The molecule has 116 valence electrons. The summed E-state index contributed by atoms with van der Waals surface area (Å²) in [6.45, 7) is 9.72. The quantitative estimate of drug-likeness (QED) is 0.913. The standard InChI is InChI=1S/C16H27N5/c1-13(2)17-9-14-10-18-16(19-11-14)21-8-7-20-6-4-3-5-15(20)12-21/h10-11,13,15,17H,3-9,12H2,1-2H3. The van der Waals surface area contributed by atoms with Crippen molar-refractivity contribution < 1.29 is 0 Å². The highest BCUT2D eigenvalue weighted by atomic mass is 15.3. The molecule has 0 spiro atoms. The number of nitrogens with one attached hydrogen (secondary N) is 1. The van der Waals surface area contributed by atoms with Gasteiger partial charge in [-0.15, -0.1) is 0 Å². The van der Waals surface area contributed by atoms with Gasteiger partial charge in [-0.1, -0.05) is 20.3 Å². The van der Waals surface area contributed by atoms with E-state index in [0.29, 0.717) is 12.1 Å². The minimum absolute atomic E-state index is 0.490. The number of piperazine rings is 1. The Labute approximate surface area is 127 Å². The molecule has 0 radical (unpaired) electrons. The third-order valence-electron chi connectivity index (χ3n) is 4.53. The number of anilines is 1. The molecular weight excluding hydrogens is 262 g/mol. The molecular formula is C16H27N5. The second-order valence-corrected chi connectivity index (χ2v) is 6.56. The summed E-state index contributed by atoms with van der Waals surface area (Å²) < 4.78 is 0. The molecule has 0 saturated carbocycles. The lowest BCUT2D eigenvalue weighted by Crippen LogP contribution is -2.55. The Morgan fingerprint density at radius 1 is 1.19 bits per heavy atom. The third kappa shape index (κ3) is 3.71. The smallest absolute Gasteiger partial charge is 0.225 e. The molecule has 0 aromatic carbocycles. The van der Waals surface area contributed by atoms with Crippen molar-refractivity contribution in [3.8, 4) is 0 Å². The van der Waals surface area contributed by atoms with Crippen molar-refractivity contribution in [3.63, 3.8) is 0 Å². The van der Waals surface area contributed by atoms with Gasteiger partial charge in [0.05, 0.1) is 0 Å². The topological polar surface area (TPSA) is 44.3 Å². The van der Waals surface area contributed by atoms with Crippen LogP contribution >= 0.6 is 0 Å². The van der Waals surface area contributed by atoms with Crippen LogP contribution in [-0.2, 0) is 6.54 Å². The molecule has 1 N–H and O–H groups in total. The third-order valence-corrected chi connectivity index (χ3v) is 4.53. The van der Waals surface area contributed by atoms with Crippen molar-refractivity contribution in [1.29, 1.82) is 0 Å². The summed E-state index contributed by atoms with van der Waals surface area (Å²) in [6.07, 6.45) is 7.99. The molecule has 21 heavy (non-hydrogen) atoms. The number of rotatable bonds is 4. The molecule has 1 aromatic rings. The molecule has 0 aliphatic carbocycles. The number of aromatic nitrogens is 2. The van der Waals surface area contributed by atoms with Gasteiger partial charge in [0.15, 0.2) is 0 Å². The highest BCUT2D eigenvalue weighted by Crippen LogP contribution is 2.22. The molecule has 0 amide bonds. The molecule has 1 unspecified atom stereocenters. The van der Waals surface area contributed by atoms with E-state index >= 15 is 0 Å². The second-order valence-electron chi connectivity index (χ2n) is 6.56. The summed E-state index contributed by atoms with van der Waals surface area (Å²) in [5.74, 6) is 0.897. The molecule has 2 aliphatic heterocycles. The zero-order valence-electron chi connectivity index (χ0n) is 13.3. The zero-order valence-corrected chi connectivity index (χ0v) is 13.3. The minimum atomic E-state index is 0.490. The van der Waals surface area contributed by atoms with Crippen LogP contribution in [0.3, 0.4) is 0 Å². The fraction of sp³-hybridized carbons (Fsp3) is 0.750. The molecule has 3 heterocycles. The molecule has 5 nitrogen and oxygen atoms in total. The largest absolute Gasteiger partial charge is 0.338 e. The van der Waals surface area contributed by atoms with Crippen molar-refractivity contribution in [1.82, 2.24) is 20.2 Å². The van der Waals surface area contributed by atoms with E-state index in [0.717, 1.165) is 37.7 Å². The Bertz CT molecular complexity index is 444. The van der Waals surface area contributed by atoms with E-state index in [4.69, 9.17) is 0 Å². The predicted molar refractivity (Wildman–Crippen MR) is 85.4 cm³/mol. The summed E-state index contributed by atoms with van der Waals surface area (Å²) in [5, 5.41) is 3.40. The molecule has 2 saturated heterocycles. The van der Waals surface area contributed by atoms with Crippen LogP contribution in [0.4, 0.5) is 5.95 Å². The first-order valence-corrected chi connectivity index (χ1v) is 8.25. The lowest BCUT2D eigenvalue weighted by Gasteiger charge is -2.44. The number of fused-ring (bicyclic) bond motifs is 1. The number of hydrogen-bond donors (Lipinski definition) is 1. The summed E-state index contributed by atoms with van der Waals surface area (Å²) in [5.41, 5.74) is 1.16. The van der Waals surface area contributed by atoms with Crippen molar-refractivity contribution in [2.75, 3.05) is 31.1 Å². The van der Waals surface area contributed by atoms with Gasteiger partial charge in [-0.2, -0.15) is 0 Å². The molecule has 1 atom stereocenters. The molecule has 5 heteroatoms. The monoisotopic (exact) mass is 289 g/mol. The van der Waals surface area contributed by atoms with E-state index in [1.54, 1.807) is 0 Å². The first-order chi connectivity index (χ1) is 10.2. The van der Waals surface area contributed by atoms with Crippen LogP contribution in [0.25, 0.3) is 0 Å². The number of hydrogen-bond acceptors (Lipinski definition) is 5. The van der Waals surface area contributed by atoms with Gasteiger partial charge in [-0.25, -0.2) is 9.97 Å². The highest BCUT2D eigenvalue weighted by molar-refractivity contribution is 5.31. The molecule has 1 aromatic heterocycles.